The third-order valence-corrected chi connectivity index (χ3v) is 5.67. The summed E-state index contributed by atoms with van der Waals surface area (Å²) in [5, 5.41) is 4.52. The maximum Gasteiger partial charge on any atom is 0.263 e. The van der Waals surface area contributed by atoms with Crippen LogP contribution in [0.4, 0.5) is 0 Å². The van der Waals surface area contributed by atoms with Crippen molar-refractivity contribution in [3.8, 4) is 17.1 Å². The lowest BCUT2D eigenvalue weighted by molar-refractivity contribution is -0.137. The summed E-state index contributed by atoms with van der Waals surface area (Å²) >= 11 is 6.19. The minimum atomic E-state index is -0.616. The van der Waals surface area contributed by atoms with E-state index in [-0.39, 0.29) is 12.5 Å². The van der Waals surface area contributed by atoms with Gasteiger partial charge in [0, 0.05) is 12.6 Å². The van der Waals surface area contributed by atoms with Gasteiger partial charge in [-0.2, -0.15) is 4.98 Å². The zero-order chi connectivity index (χ0) is 21.1. The summed E-state index contributed by atoms with van der Waals surface area (Å²) in [5.41, 5.74) is 3.24. The molecule has 0 unspecified atom stereocenters. The standard InChI is InChI=1S/C23H24ClN3O3/c1-15(29-20-13-7-9-16-8-3-4-10-17(16)20)23(28)27(2)14-21-25-22(26-30-21)18-11-5-6-12-19(18)24/h5-7,9,11-13,15H,3-4,8,10,14H2,1-2H3/t15-/m1/s1. The molecule has 1 aliphatic rings. The molecule has 1 aliphatic carbocycles. The van der Waals surface area contributed by atoms with Crippen LogP contribution < -0.4 is 4.74 Å². The first-order valence-corrected chi connectivity index (χ1v) is 10.5. The average molecular weight is 426 g/mol. The fourth-order valence-electron chi connectivity index (χ4n) is 3.76. The van der Waals surface area contributed by atoms with E-state index < -0.39 is 6.10 Å². The van der Waals surface area contributed by atoms with Crippen LogP contribution in [0.1, 0.15) is 36.8 Å². The number of carbonyl (C=O) groups excluding carboxylic acids is 1. The number of ether oxygens (including phenoxy) is 1. The summed E-state index contributed by atoms with van der Waals surface area (Å²) < 4.78 is 11.4. The second-order valence-electron chi connectivity index (χ2n) is 7.55. The number of aryl methyl sites for hydroxylation is 1. The van der Waals surface area contributed by atoms with Gasteiger partial charge in [-0.05, 0) is 61.9 Å². The Kier molecular flexibility index (Phi) is 6.04. The molecule has 156 valence electrons. The number of aromatic nitrogens is 2. The van der Waals surface area contributed by atoms with Gasteiger partial charge in [-0.3, -0.25) is 4.79 Å². The fourth-order valence-corrected chi connectivity index (χ4v) is 3.98. The van der Waals surface area contributed by atoms with Crippen molar-refractivity contribution in [1.29, 1.82) is 0 Å². The van der Waals surface area contributed by atoms with Crippen molar-refractivity contribution in [2.75, 3.05) is 7.05 Å². The number of hydrogen-bond donors (Lipinski definition) is 0. The van der Waals surface area contributed by atoms with E-state index in [0.717, 1.165) is 25.0 Å². The molecule has 2 aromatic carbocycles. The van der Waals surface area contributed by atoms with E-state index in [0.29, 0.717) is 22.3 Å². The lowest BCUT2D eigenvalue weighted by Crippen LogP contribution is -2.37. The topological polar surface area (TPSA) is 68.5 Å². The van der Waals surface area contributed by atoms with E-state index in [2.05, 4.69) is 16.2 Å². The number of nitrogens with zero attached hydrogens (tertiary/aromatic N) is 3. The number of hydrogen-bond acceptors (Lipinski definition) is 5. The van der Waals surface area contributed by atoms with E-state index in [4.69, 9.17) is 20.9 Å². The third-order valence-electron chi connectivity index (χ3n) is 5.34. The molecule has 3 aromatic rings. The highest BCUT2D eigenvalue weighted by atomic mass is 35.5. The second-order valence-corrected chi connectivity index (χ2v) is 7.95. The third kappa shape index (κ3) is 4.33. The summed E-state index contributed by atoms with van der Waals surface area (Å²) in [6.45, 7) is 1.96. The Morgan fingerprint density at radius 1 is 1.20 bits per heavy atom. The zero-order valence-corrected chi connectivity index (χ0v) is 17.9. The molecule has 6 nitrogen and oxygen atoms in total. The number of fused-ring (bicyclic) bond motifs is 1. The van der Waals surface area contributed by atoms with Gasteiger partial charge in [0.15, 0.2) is 6.10 Å². The van der Waals surface area contributed by atoms with Crippen LogP contribution in [-0.4, -0.2) is 34.1 Å². The number of likely N-dealkylation sites (N-methyl/N-ethyl adjacent to an activating group) is 1. The molecule has 0 N–H and O–H groups in total. The van der Waals surface area contributed by atoms with Gasteiger partial charge in [0.1, 0.15) is 5.75 Å². The highest BCUT2D eigenvalue weighted by molar-refractivity contribution is 6.33. The van der Waals surface area contributed by atoms with Crippen LogP contribution in [0.2, 0.25) is 5.02 Å². The number of rotatable bonds is 6. The summed E-state index contributed by atoms with van der Waals surface area (Å²) in [7, 11) is 1.70. The van der Waals surface area contributed by atoms with Crippen molar-refractivity contribution in [3.63, 3.8) is 0 Å². The van der Waals surface area contributed by atoms with Gasteiger partial charge in [-0.15, -0.1) is 0 Å². The highest BCUT2D eigenvalue weighted by Gasteiger charge is 2.23. The minimum absolute atomic E-state index is 0.152. The lowest BCUT2D eigenvalue weighted by atomic mass is 9.91. The summed E-state index contributed by atoms with van der Waals surface area (Å²) in [6, 6.07) is 13.4. The molecular formula is C23H24ClN3O3. The van der Waals surface area contributed by atoms with Crippen molar-refractivity contribution < 1.29 is 14.1 Å². The van der Waals surface area contributed by atoms with Crippen LogP contribution in [0.3, 0.4) is 0 Å². The van der Waals surface area contributed by atoms with Gasteiger partial charge in [0.05, 0.1) is 11.6 Å². The van der Waals surface area contributed by atoms with Crippen LogP contribution >= 0.6 is 11.6 Å². The first kappa shape index (κ1) is 20.4. The molecule has 7 heteroatoms. The quantitative estimate of drug-likeness (QED) is 0.572. The zero-order valence-electron chi connectivity index (χ0n) is 17.1. The molecule has 0 radical (unpaired) electrons. The predicted octanol–water partition coefficient (Wildman–Crippen LogP) is 4.69. The van der Waals surface area contributed by atoms with Crippen LogP contribution in [0, 0.1) is 0 Å². The summed E-state index contributed by atoms with van der Waals surface area (Å²) in [5.74, 6) is 1.39. The van der Waals surface area contributed by atoms with Crippen molar-refractivity contribution in [1.82, 2.24) is 15.0 Å². The molecule has 0 aliphatic heterocycles. The SMILES string of the molecule is C[C@@H](Oc1cccc2c1CCCC2)C(=O)N(C)Cc1nc(-c2ccccc2Cl)no1. The van der Waals surface area contributed by atoms with E-state index in [9.17, 15) is 4.79 Å². The first-order chi connectivity index (χ1) is 14.5. The molecule has 30 heavy (non-hydrogen) atoms. The molecule has 0 spiro atoms. The van der Waals surface area contributed by atoms with Crippen LogP contribution in [-0.2, 0) is 24.2 Å². The molecule has 4 rings (SSSR count). The molecular weight excluding hydrogens is 402 g/mol. The smallest absolute Gasteiger partial charge is 0.263 e. The van der Waals surface area contributed by atoms with Crippen molar-refractivity contribution in [2.24, 2.45) is 0 Å². The second kappa shape index (κ2) is 8.88. The molecule has 1 amide bonds. The van der Waals surface area contributed by atoms with Crippen molar-refractivity contribution in [3.05, 3.63) is 64.5 Å². The molecule has 0 saturated carbocycles. The molecule has 1 heterocycles. The average Bonchev–Trinajstić information content (AvgIpc) is 3.22. The number of carbonyl (C=O) groups is 1. The highest BCUT2D eigenvalue weighted by Crippen LogP contribution is 2.30. The van der Waals surface area contributed by atoms with E-state index in [1.54, 1.807) is 20.0 Å². The van der Waals surface area contributed by atoms with Crippen LogP contribution in [0.5, 0.6) is 5.75 Å². The molecule has 1 atom stereocenters. The summed E-state index contributed by atoms with van der Waals surface area (Å²) in [4.78, 5) is 18.7. The predicted molar refractivity (Wildman–Crippen MR) is 114 cm³/mol. The van der Waals surface area contributed by atoms with Crippen LogP contribution in [0.15, 0.2) is 47.0 Å². The fraction of sp³-hybridized carbons (Fsp3) is 0.348. The molecule has 0 fully saturated rings. The van der Waals surface area contributed by atoms with Gasteiger partial charge in [-0.1, -0.05) is 41.0 Å². The Bertz CT molecular complexity index is 1050. The van der Waals surface area contributed by atoms with Crippen LogP contribution in [0.25, 0.3) is 11.4 Å². The van der Waals surface area contributed by atoms with Gasteiger partial charge in [0.2, 0.25) is 11.7 Å². The normalized spacial score (nSPS) is 14.1. The number of amides is 1. The van der Waals surface area contributed by atoms with Gasteiger partial charge in [-0.25, -0.2) is 0 Å². The number of benzene rings is 2. The molecule has 0 bridgehead atoms. The van der Waals surface area contributed by atoms with E-state index in [1.807, 2.05) is 30.3 Å². The molecule has 0 saturated heterocycles. The van der Waals surface area contributed by atoms with E-state index >= 15 is 0 Å². The Labute approximate surface area is 180 Å². The first-order valence-electron chi connectivity index (χ1n) is 10.1. The Morgan fingerprint density at radius 3 is 2.83 bits per heavy atom. The van der Waals surface area contributed by atoms with Crippen molar-refractivity contribution >= 4 is 17.5 Å². The largest absolute Gasteiger partial charge is 0.481 e. The lowest BCUT2D eigenvalue weighted by Gasteiger charge is -2.24. The summed E-state index contributed by atoms with van der Waals surface area (Å²) in [6.07, 6.45) is 3.80. The van der Waals surface area contributed by atoms with Crippen molar-refractivity contribution in [2.45, 2.75) is 45.3 Å². The maximum absolute atomic E-state index is 12.8. The number of halogens is 1. The minimum Gasteiger partial charge on any atom is -0.481 e. The maximum atomic E-state index is 12.8. The van der Waals surface area contributed by atoms with Gasteiger partial charge in [0.25, 0.3) is 5.91 Å². The Balaban J connectivity index is 1.41. The Hall–Kier alpha value is -2.86. The van der Waals surface area contributed by atoms with Gasteiger partial charge < -0.3 is 14.2 Å². The monoisotopic (exact) mass is 425 g/mol. The Morgan fingerprint density at radius 2 is 2.00 bits per heavy atom. The molecule has 1 aromatic heterocycles. The van der Waals surface area contributed by atoms with E-state index in [1.165, 1.54) is 22.4 Å². The van der Waals surface area contributed by atoms with Gasteiger partial charge >= 0.3 is 0 Å².